The summed E-state index contributed by atoms with van der Waals surface area (Å²) in [5, 5.41) is 12.5. The van der Waals surface area contributed by atoms with Crippen molar-refractivity contribution in [3.8, 4) is 0 Å². The highest BCUT2D eigenvalue weighted by atomic mass is 16.3. The zero-order valence-corrected chi connectivity index (χ0v) is 11.8. The third-order valence-electron chi connectivity index (χ3n) is 3.55. The summed E-state index contributed by atoms with van der Waals surface area (Å²) in [6.07, 6.45) is 3.78. The highest BCUT2D eigenvalue weighted by molar-refractivity contribution is 5.49. The van der Waals surface area contributed by atoms with Crippen LogP contribution in [0, 0.1) is 11.8 Å². The number of aromatic nitrogens is 2. The van der Waals surface area contributed by atoms with Crippen LogP contribution < -0.4 is 10.2 Å². The van der Waals surface area contributed by atoms with Crippen molar-refractivity contribution in [1.29, 1.82) is 0 Å². The number of rotatable bonds is 6. The molecule has 1 aliphatic rings. The molecule has 1 saturated heterocycles. The normalized spacial score (nSPS) is 19.2. The summed E-state index contributed by atoms with van der Waals surface area (Å²) in [6.45, 7) is 7.49. The smallest absolute Gasteiger partial charge is 0.134 e. The van der Waals surface area contributed by atoms with E-state index in [0.29, 0.717) is 11.8 Å². The van der Waals surface area contributed by atoms with E-state index in [1.807, 2.05) is 6.07 Å². The molecular formula is C14H24N4O. The van der Waals surface area contributed by atoms with Crippen molar-refractivity contribution in [3.05, 3.63) is 12.4 Å². The van der Waals surface area contributed by atoms with Gasteiger partial charge in [0.1, 0.15) is 18.0 Å². The minimum atomic E-state index is 0.265. The zero-order chi connectivity index (χ0) is 13.7. The number of anilines is 2. The van der Waals surface area contributed by atoms with Crippen molar-refractivity contribution in [2.75, 3.05) is 36.5 Å². The van der Waals surface area contributed by atoms with Gasteiger partial charge in [-0.1, -0.05) is 13.8 Å². The van der Waals surface area contributed by atoms with Crippen LogP contribution in [-0.4, -0.2) is 41.3 Å². The summed E-state index contributed by atoms with van der Waals surface area (Å²) in [7, 11) is 0. The van der Waals surface area contributed by atoms with Gasteiger partial charge in [0.05, 0.1) is 0 Å². The van der Waals surface area contributed by atoms with Gasteiger partial charge in [0.2, 0.25) is 0 Å². The Bertz CT molecular complexity index is 397. The van der Waals surface area contributed by atoms with Gasteiger partial charge in [-0.2, -0.15) is 0 Å². The SMILES string of the molecule is CC(C)CCNc1cc(N2CCC(CO)C2)ncn1. The van der Waals surface area contributed by atoms with Gasteiger partial charge in [-0.05, 0) is 18.8 Å². The molecule has 1 aromatic heterocycles. The Hall–Kier alpha value is -1.36. The van der Waals surface area contributed by atoms with E-state index in [9.17, 15) is 5.11 Å². The fourth-order valence-electron chi connectivity index (χ4n) is 2.30. The molecule has 1 unspecified atom stereocenters. The second-order valence-electron chi connectivity index (χ2n) is 5.65. The molecule has 1 atom stereocenters. The van der Waals surface area contributed by atoms with Crippen LogP contribution in [0.4, 0.5) is 11.6 Å². The highest BCUT2D eigenvalue weighted by Crippen LogP contribution is 2.22. The molecule has 0 saturated carbocycles. The second-order valence-corrected chi connectivity index (χ2v) is 5.65. The van der Waals surface area contributed by atoms with Crippen molar-refractivity contribution in [3.63, 3.8) is 0 Å². The van der Waals surface area contributed by atoms with E-state index in [2.05, 4.69) is 34.0 Å². The number of hydrogen-bond donors (Lipinski definition) is 2. The molecule has 1 aliphatic heterocycles. The van der Waals surface area contributed by atoms with Crippen LogP contribution in [0.25, 0.3) is 0 Å². The van der Waals surface area contributed by atoms with Gasteiger partial charge in [-0.3, -0.25) is 0 Å². The van der Waals surface area contributed by atoms with E-state index in [1.54, 1.807) is 6.33 Å². The van der Waals surface area contributed by atoms with Crippen molar-refractivity contribution in [2.24, 2.45) is 11.8 Å². The van der Waals surface area contributed by atoms with Crippen LogP contribution in [0.15, 0.2) is 12.4 Å². The van der Waals surface area contributed by atoms with Crippen LogP contribution >= 0.6 is 0 Å². The Kier molecular flexibility index (Phi) is 4.96. The first-order valence-electron chi connectivity index (χ1n) is 7.10. The van der Waals surface area contributed by atoms with E-state index in [4.69, 9.17) is 0 Å². The molecule has 0 radical (unpaired) electrons. The van der Waals surface area contributed by atoms with Gasteiger partial charge >= 0.3 is 0 Å². The van der Waals surface area contributed by atoms with E-state index in [-0.39, 0.29) is 6.61 Å². The van der Waals surface area contributed by atoms with Crippen molar-refractivity contribution in [1.82, 2.24) is 9.97 Å². The molecule has 0 spiro atoms. The van der Waals surface area contributed by atoms with E-state index < -0.39 is 0 Å². The van der Waals surface area contributed by atoms with Crippen LogP contribution in [0.1, 0.15) is 26.7 Å². The summed E-state index contributed by atoms with van der Waals surface area (Å²) >= 11 is 0. The van der Waals surface area contributed by atoms with E-state index in [0.717, 1.165) is 44.1 Å². The lowest BCUT2D eigenvalue weighted by atomic mass is 10.1. The molecule has 19 heavy (non-hydrogen) atoms. The average Bonchev–Trinajstić information content (AvgIpc) is 2.87. The molecule has 0 aromatic carbocycles. The number of aliphatic hydroxyl groups excluding tert-OH is 1. The molecule has 5 nitrogen and oxygen atoms in total. The maximum absolute atomic E-state index is 9.18. The Morgan fingerprint density at radius 3 is 3.00 bits per heavy atom. The van der Waals surface area contributed by atoms with Crippen LogP contribution in [0.2, 0.25) is 0 Å². The Labute approximate surface area is 115 Å². The Morgan fingerprint density at radius 1 is 1.47 bits per heavy atom. The van der Waals surface area contributed by atoms with E-state index in [1.165, 1.54) is 0 Å². The molecule has 5 heteroatoms. The third kappa shape index (κ3) is 4.06. The van der Waals surface area contributed by atoms with Gasteiger partial charge in [-0.25, -0.2) is 9.97 Å². The molecule has 0 aliphatic carbocycles. The summed E-state index contributed by atoms with van der Waals surface area (Å²) in [5.41, 5.74) is 0. The first-order chi connectivity index (χ1) is 9.19. The van der Waals surface area contributed by atoms with Gasteiger partial charge < -0.3 is 15.3 Å². The third-order valence-corrected chi connectivity index (χ3v) is 3.55. The summed E-state index contributed by atoms with van der Waals surface area (Å²) in [5.74, 6) is 2.92. The summed E-state index contributed by atoms with van der Waals surface area (Å²) < 4.78 is 0. The summed E-state index contributed by atoms with van der Waals surface area (Å²) in [6, 6.07) is 2.00. The Morgan fingerprint density at radius 2 is 2.32 bits per heavy atom. The molecule has 2 heterocycles. The monoisotopic (exact) mass is 264 g/mol. The van der Waals surface area contributed by atoms with Crippen molar-refractivity contribution < 1.29 is 5.11 Å². The maximum atomic E-state index is 9.18. The van der Waals surface area contributed by atoms with Crippen molar-refractivity contribution >= 4 is 11.6 Å². The molecule has 106 valence electrons. The summed E-state index contributed by atoms with van der Waals surface area (Å²) in [4.78, 5) is 10.8. The van der Waals surface area contributed by atoms with Gasteiger partial charge in [0.25, 0.3) is 0 Å². The minimum Gasteiger partial charge on any atom is -0.396 e. The predicted octanol–water partition coefficient (Wildman–Crippen LogP) is 1.75. The number of aliphatic hydroxyl groups is 1. The largest absolute Gasteiger partial charge is 0.396 e. The predicted molar refractivity (Wildman–Crippen MR) is 77.4 cm³/mol. The number of nitrogens with zero attached hydrogens (tertiary/aromatic N) is 3. The molecule has 1 aromatic rings. The zero-order valence-electron chi connectivity index (χ0n) is 11.8. The highest BCUT2D eigenvalue weighted by Gasteiger charge is 2.22. The lowest BCUT2D eigenvalue weighted by molar-refractivity contribution is 0.238. The van der Waals surface area contributed by atoms with Gasteiger partial charge in [0.15, 0.2) is 0 Å². The maximum Gasteiger partial charge on any atom is 0.134 e. The second kappa shape index (κ2) is 6.70. The molecular weight excluding hydrogens is 240 g/mol. The first kappa shape index (κ1) is 14.1. The quantitative estimate of drug-likeness (QED) is 0.819. The van der Waals surface area contributed by atoms with E-state index >= 15 is 0 Å². The molecule has 1 fully saturated rings. The topological polar surface area (TPSA) is 61.3 Å². The van der Waals surface area contributed by atoms with Crippen molar-refractivity contribution in [2.45, 2.75) is 26.7 Å². The lowest BCUT2D eigenvalue weighted by Crippen LogP contribution is -2.22. The lowest BCUT2D eigenvalue weighted by Gasteiger charge is -2.17. The fraction of sp³-hybridized carbons (Fsp3) is 0.714. The molecule has 0 amide bonds. The molecule has 2 rings (SSSR count). The average molecular weight is 264 g/mol. The standard InChI is InChI=1S/C14H24N4O/c1-11(2)3-5-15-13-7-14(17-10-16-13)18-6-4-12(8-18)9-19/h7,10-12,19H,3-6,8-9H2,1-2H3,(H,15,16,17). The van der Waals surface area contributed by atoms with Gasteiger partial charge in [0, 0.05) is 38.2 Å². The van der Waals surface area contributed by atoms with Crippen LogP contribution in [-0.2, 0) is 0 Å². The number of hydrogen-bond acceptors (Lipinski definition) is 5. The molecule has 0 bridgehead atoms. The molecule has 2 N–H and O–H groups in total. The van der Waals surface area contributed by atoms with Crippen LogP contribution in [0.5, 0.6) is 0 Å². The van der Waals surface area contributed by atoms with Gasteiger partial charge in [-0.15, -0.1) is 0 Å². The minimum absolute atomic E-state index is 0.265. The van der Waals surface area contributed by atoms with Crippen LogP contribution in [0.3, 0.4) is 0 Å². The first-order valence-corrected chi connectivity index (χ1v) is 7.10. The fourth-order valence-corrected chi connectivity index (χ4v) is 2.30. The Balaban J connectivity index is 1.92. The number of nitrogens with one attached hydrogen (secondary N) is 1.